The van der Waals surface area contributed by atoms with Crippen molar-refractivity contribution in [2.45, 2.75) is 58.0 Å². The molecule has 3 atom stereocenters. The van der Waals surface area contributed by atoms with Gasteiger partial charge in [0.2, 0.25) is 5.91 Å². The highest BCUT2D eigenvalue weighted by molar-refractivity contribution is 6.07. The highest BCUT2D eigenvalue weighted by Crippen LogP contribution is 2.31. The number of rotatable bonds is 11. The molecule has 4 amide bonds. The number of carbonyl (C=O) groups excluding carboxylic acids is 3. The molecule has 10 nitrogen and oxygen atoms in total. The monoisotopic (exact) mass is 496 g/mol. The van der Waals surface area contributed by atoms with Gasteiger partial charge in [0.05, 0.1) is 18.6 Å². The lowest BCUT2D eigenvalue weighted by atomic mass is 9.82. The van der Waals surface area contributed by atoms with E-state index in [1.165, 1.54) is 6.20 Å². The number of β-lactam (4-membered cyclic amide) rings is 1. The van der Waals surface area contributed by atoms with Gasteiger partial charge in [0.25, 0.3) is 0 Å². The Labute approximate surface area is 210 Å². The lowest BCUT2D eigenvalue weighted by Gasteiger charge is -2.43. The molecule has 1 aliphatic heterocycles. The number of carbonyl (C=O) groups is 4. The number of likely N-dealkylation sites (tertiary alicyclic amines) is 1. The zero-order valence-electron chi connectivity index (χ0n) is 20.5. The average molecular weight is 497 g/mol. The summed E-state index contributed by atoms with van der Waals surface area (Å²) < 4.78 is 5.14. The number of carboxylic acid groups (broad SMARTS) is 1. The molecule has 10 heteroatoms. The van der Waals surface area contributed by atoms with Gasteiger partial charge in [-0.1, -0.05) is 56.5 Å². The Kier molecular flexibility index (Phi) is 9.38. The number of nitrogens with zero attached hydrogens (tertiary/aromatic N) is 2. The van der Waals surface area contributed by atoms with Crippen molar-refractivity contribution < 1.29 is 29.0 Å². The van der Waals surface area contributed by atoms with Crippen molar-refractivity contribution in [2.24, 2.45) is 5.92 Å². The number of anilines is 1. The van der Waals surface area contributed by atoms with E-state index in [-0.39, 0.29) is 12.2 Å². The van der Waals surface area contributed by atoms with Crippen LogP contribution >= 0.6 is 0 Å². The number of amides is 4. The lowest BCUT2D eigenvalue weighted by molar-refractivity contribution is -0.165. The summed E-state index contributed by atoms with van der Waals surface area (Å²) in [5, 5.41) is 15.0. The number of ether oxygens (including phenoxy) is 1. The molecule has 2 heterocycles. The normalized spacial score (nSPS) is 17.6. The number of nitrogens with one attached hydrogen (secondary N) is 2. The van der Waals surface area contributed by atoms with E-state index in [1.807, 2.05) is 30.3 Å². The molecule has 1 fully saturated rings. The van der Waals surface area contributed by atoms with Gasteiger partial charge in [0.15, 0.2) is 6.04 Å². The molecule has 0 spiro atoms. The second-order valence-electron chi connectivity index (χ2n) is 8.75. The Morgan fingerprint density at radius 1 is 1.14 bits per heavy atom. The summed E-state index contributed by atoms with van der Waals surface area (Å²) in [6.45, 7) is 4.16. The largest absolute Gasteiger partial charge is 0.480 e. The summed E-state index contributed by atoms with van der Waals surface area (Å²) in [6.07, 6.45) is 4.84. The van der Waals surface area contributed by atoms with Crippen LogP contribution in [0.15, 0.2) is 48.7 Å². The van der Waals surface area contributed by atoms with Crippen LogP contribution in [0.2, 0.25) is 0 Å². The number of imide groups is 1. The predicted octanol–water partition coefficient (Wildman–Crippen LogP) is 4.14. The van der Waals surface area contributed by atoms with Gasteiger partial charge in [0, 0.05) is 6.20 Å². The molecular formula is C26H32N4O6. The van der Waals surface area contributed by atoms with Crippen molar-refractivity contribution in [3.05, 3.63) is 59.8 Å². The maximum Gasteiger partial charge on any atom is 0.412 e. The summed E-state index contributed by atoms with van der Waals surface area (Å²) in [4.78, 5) is 54.2. The molecule has 2 aromatic rings. The number of pyridine rings is 1. The molecule has 1 aromatic carbocycles. The van der Waals surface area contributed by atoms with Gasteiger partial charge in [-0.05, 0) is 43.0 Å². The summed E-state index contributed by atoms with van der Waals surface area (Å²) in [6, 6.07) is 9.91. The summed E-state index contributed by atoms with van der Waals surface area (Å²) in [5.74, 6) is -2.52. The average Bonchev–Trinajstić information content (AvgIpc) is 2.85. The SMILES string of the molecule is CCCCCCOC(=O)Nc1cc(C[C@H]2C(=O)N(C(=O)NC(C)c3ccccc3)[C@@H]2C(=O)O)ccn1. The van der Waals surface area contributed by atoms with Gasteiger partial charge in [0.1, 0.15) is 5.82 Å². The Balaban J connectivity index is 1.58. The van der Waals surface area contributed by atoms with E-state index >= 15 is 0 Å². The van der Waals surface area contributed by atoms with Gasteiger partial charge in [-0.15, -0.1) is 0 Å². The maximum absolute atomic E-state index is 12.8. The number of carboxylic acids is 1. The van der Waals surface area contributed by atoms with Gasteiger partial charge in [-0.3, -0.25) is 10.1 Å². The van der Waals surface area contributed by atoms with E-state index in [2.05, 4.69) is 22.5 Å². The van der Waals surface area contributed by atoms with E-state index in [1.54, 1.807) is 19.1 Å². The number of urea groups is 1. The van der Waals surface area contributed by atoms with Crippen LogP contribution in [-0.4, -0.2) is 51.6 Å². The molecular weight excluding hydrogens is 464 g/mol. The molecule has 3 N–H and O–H groups in total. The molecule has 0 bridgehead atoms. The lowest BCUT2D eigenvalue weighted by Crippen LogP contribution is -2.68. The van der Waals surface area contributed by atoms with Crippen LogP contribution in [0.25, 0.3) is 0 Å². The standard InChI is InChI=1S/C26H32N4O6/c1-3-4-5-9-14-36-26(35)29-21-16-18(12-13-27-21)15-20-22(24(32)33)30(23(20)31)25(34)28-17(2)19-10-7-6-8-11-19/h6-8,10-13,16-17,20,22H,3-5,9,14-15H2,1-2H3,(H,28,34)(H,32,33)(H,27,29,35)/t17?,20-,22+/m1/s1. The number of benzene rings is 1. The minimum atomic E-state index is -1.29. The van der Waals surface area contributed by atoms with E-state index in [4.69, 9.17) is 4.74 Å². The Hall–Kier alpha value is -3.95. The van der Waals surface area contributed by atoms with Crippen molar-refractivity contribution in [3.63, 3.8) is 0 Å². The number of unbranched alkanes of at least 4 members (excludes halogenated alkanes) is 3. The highest BCUT2D eigenvalue weighted by Gasteiger charge is 2.54. The summed E-state index contributed by atoms with van der Waals surface area (Å²) >= 11 is 0. The van der Waals surface area contributed by atoms with Crippen LogP contribution in [0.1, 0.15) is 56.7 Å². The van der Waals surface area contributed by atoms with Crippen molar-refractivity contribution in [1.82, 2.24) is 15.2 Å². The van der Waals surface area contributed by atoms with Crippen LogP contribution in [0.3, 0.4) is 0 Å². The number of aliphatic carboxylic acids is 1. The molecule has 192 valence electrons. The number of aromatic nitrogens is 1. The minimum Gasteiger partial charge on any atom is -0.480 e. The van der Waals surface area contributed by atoms with E-state index in [0.717, 1.165) is 36.1 Å². The molecule has 1 unspecified atom stereocenters. The van der Waals surface area contributed by atoms with E-state index in [9.17, 15) is 24.3 Å². The van der Waals surface area contributed by atoms with Crippen molar-refractivity contribution in [3.8, 4) is 0 Å². The van der Waals surface area contributed by atoms with Crippen molar-refractivity contribution >= 4 is 29.8 Å². The molecule has 1 aliphatic rings. The predicted molar refractivity (Wildman–Crippen MR) is 132 cm³/mol. The first-order chi connectivity index (χ1) is 17.3. The smallest absolute Gasteiger partial charge is 0.412 e. The molecule has 0 radical (unpaired) electrons. The van der Waals surface area contributed by atoms with Crippen molar-refractivity contribution in [2.75, 3.05) is 11.9 Å². The molecule has 36 heavy (non-hydrogen) atoms. The topological polar surface area (TPSA) is 138 Å². The molecule has 0 saturated carbocycles. The fourth-order valence-corrected chi connectivity index (χ4v) is 4.09. The second kappa shape index (κ2) is 12.7. The summed E-state index contributed by atoms with van der Waals surface area (Å²) in [7, 11) is 0. The Morgan fingerprint density at radius 3 is 2.58 bits per heavy atom. The quantitative estimate of drug-likeness (QED) is 0.314. The Morgan fingerprint density at radius 2 is 1.89 bits per heavy atom. The maximum atomic E-state index is 12.8. The number of hydrogen-bond acceptors (Lipinski definition) is 6. The molecule has 1 saturated heterocycles. The third-order valence-corrected chi connectivity index (χ3v) is 6.07. The van der Waals surface area contributed by atoms with Crippen LogP contribution in [-0.2, 0) is 20.7 Å². The van der Waals surface area contributed by atoms with Gasteiger partial charge in [-0.25, -0.2) is 24.3 Å². The first-order valence-corrected chi connectivity index (χ1v) is 12.1. The first-order valence-electron chi connectivity index (χ1n) is 12.1. The van der Waals surface area contributed by atoms with Crippen LogP contribution in [0.5, 0.6) is 0 Å². The van der Waals surface area contributed by atoms with E-state index in [0.29, 0.717) is 12.2 Å². The van der Waals surface area contributed by atoms with E-state index < -0.39 is 42.0 Å². The minimum absolute atomic E-state index is 0.0804. The highest BCUT2D eigenvalue weighted by atomic mass is 16.5. The zero-order chi connectivity index (χ0) is 26.1. The number of hydrogen-bond donors (Lipinski definition) is 3. The summed E-state index contributed by atoms with van der Waals surface area (Å²) in [5.41, 5.74) is 1.43. The molecule has 3 rings (SSSR count). The van der Waals surface area contributed by atoms with Gasteiger partial charge in [-0.2, -0.15) is 0 Å². The van der Waals surface area contributed by atoms with Crippen LogP contribution in [0.4, 0.5) is 15.4 Å². The zero-order valence-corrected chi connectivity index (χ0v) is 20.5. The first kappa shape index (κ1) is 26.7. The third-order valence-electron chi connectivity index (χ3n) is 6.07. The molecule has 1 aromatic heterocycles. The second-order valence-corrected chi connectivity index (χ2v) is 8.75. The third kappa shape index (κ3) is 6.80. The Bertz CT molecular complexity index is 1080. The van der Waals surface area contributed by atoms with Crippen LogP contribution in [0, 0.1) is 5.92 Å². The van der Waals surface area contributed by atoms with Gasteiger partial charge >= 0.3 is 18.1 Å². The molecule has 0 aliphatic carbocycles. The fourth-order valence-electron chi connectivity index (χ4n) is 4.09. The van der Waals surface area contributed by atoms with Crippen LogP contribution < -0.4 is 10.6 Å². The fraction of sp³-hybridized carbons (Fsp3) is 0.423. The van der Waals surface area contributed by atoms with Crippen molar-refractivity contribution in [1.29, 1.82) is 0 Å². The van der Waals surface area contributed by atoms with Gasteiger partial charge < -0.3 is 15.2 Å².